The minimum absolute atomic E-state index is 0.0277. The lowest BCUT2D eigenvalue weighted by molar-refractivity contribution is -0.140. The second kappa shape index (κ2) is 12.6. The van der Waals surface area contributed by atoms with Gasteiger partial charge in [0.15, 0.2) is 0 Å². The van der Waals surface area contributed by atoms with Crippen LogP contribution in [0.1, 0.15) is 43.5 Å². The van der Waals surface area contributed by atoms with Crippen LogP contribution in [0.15, 0.2) is 48.5 Å². The van der Waals surface area contributed by atoms with Crippen molar-refractivity contribution in [1.82, 2.24) is 10.2 Å². The zero-order valence-electron chi connectivity index (χ0n) is 20.9. The number of carbonyl (C=O) groups excluding carboxylic acids is 3. The Kier molecular flexibility index (Phi) is 10.2. The quantitative estimate of drug-likeness (QED) is 0.393. The van der Waals surface area contributed by atoms with Crippen molar-refractivity contribution in [3.63, 3.8) is 0 Å². The van der Waals surface area contributed by atoms with Crippen molar-refractivity contribution in [1.29, 1.82) is 0 Å². The number of para-hydroxylation sites is 1. The number of nitrogens with one attached hydrogen (secondary N) is 2. The molecule has 35 heavy (non-hydrogen) atoms. The second-order valence-corrected chi connectivity index (χ2v) is 9.57. The van der Waals surface area contributed by atoms with E-state index in [1.54, 1.807) is 45.0 Å². The first kappa shape index (κ1) is 28.2. The molecule has 0 aliphatic heterocycles. The number of thiol groups is 1. The van der Waals surface area contributed by atoms with E-state index in [1.165, 1.54) is 4.90 Å². The monoisotopic (exact) mass is 501 g/mol. The third kappa shape index (κ3) is 8.00. The van der Waals surface area contributed by atoms with Gasteiger partial charge in [-0.05, 0) is 51.3 Å². The molecule has 0 saturated heterocycles. The van der Waals surface area contributed by atoms with Gasteiger partial charge in [-0.2, -0.15) is 12.6 Å². The molecule has 3 N–H and O–H groups in total. The van der Waals surface area contributed by atoms with Crippen LogP contribution in [-0.2, 0) is 14.3 Å². The molecule has 0 heterocycles. The van der Waals surface area contributed by atoms with Crippen LogP contribution < -0.4 is 10.6 Å². The van der Waals surface area contributed by atoms with Crippen molar-refractivity contribution < 1.29 is 24.2 Å². The smallest absolute Gasteiger partial charge is 0.408 e. The number of carbonyl (C=O) groups is 3. The van der Waals surface area contributed by atoms with Crippen LogP contribution in [-0.4, -0.2) is 58.5 Å². The van der Waals surface area contributed by atoms with Crippen molar-refractivity contribution >= 4 is 36.2 Å². The fourth-order valence-corrected chi connectivity index (χ4v) is 3.87. The Morgan fingerprint density at radius 2 is 1.63 bits per heavy atom. The first-order valence-electron chi connectivity index (χ1n) is 11.4. The van der Waals surface area contributed by atoms with E-state index in [1.807, 2.05) is 38.1 Å². The summed E-state index contributed by atoms with van der Waals surface area (Å²) in [5, 5.41) is 15.3. The minimum atomic E-state index is -1.07. The van der Waals surface area contributed by atoms with E-state index >= 15 is 0 Å². The highest BCUT2D eigenvalue weighted by molar-refractivity contribution is 7.80. The van der Waals surface area contributed by atoms with Crippen molar-refractivity contribution in [2.45, 2.75) is 52.3 Å². The lowest BCUT2D eigenvalue weighted by Gasteiger charge is -2.34. The molecule has 0 aliphatic carbocycles. The van der Waals surface area contributed by atoms with Crippen LogP contribution in [0.25, 0.3) is 0 Å². The fraction of sp³-hybridized carbons (Fsp3) is 0.423. The van der Waals surface area contributed by atoms with Gasteiger partial charge < -0.3 is 25.4 Å². The molecule has 2 rings (SSSR count). The summed E-state index contributed by atoms with van der Waals surface area (Å²) in [6.07, 6.45) is -0.773. The highest BCUT2D eigenvalue weighted by Crippen LogP contribution is 2.26. The molecule has 0 aromatic heterocycles. The van der Waals surface area contributed by atoms with Crippen molar-refractivity contribution in [2.24, 2.45) is 0 Å². The summed E-state index contributed by atoms with van der Waals surface area (Å²) in [5.74, 6) is -1.03. The minimum Gasteiger partial charge on any atom is -0.444 e. The van der Waals surface area contributed by atoms with Gasteiger partial charge in [-0.25, -0.2) is 4.79 Å². The number of anilines is 1. The lowest BCUT2D eigenvalue weighted by Crippen LogP contribution is -2.53. The molecule has 9 heteroatoms. The third-order valence-corrected chi connectivity index (χ3v) is 5.57. The summed E-state index contributed by atoms with van der Waals surface area (Å²) in [6, 6.07) is 12.4. The van der Waals surface area contributed by atoms with E-state index in [0.29, 0.717) is 11.3 Å². The Bertz CT molecular complexity index is 1000. The van der Waals surface area contributed by atoms with E-state index in [4.69, 9.17) is 4.74 Å². The standard InChI is InChI=1S/C26H35N3O5S/c1-17-10-9-11-18(2)21(17)28-23(31)22(19-12-7-6-8-13-19)29(14-15-30)24(32)20(16-35)27-25(33)34-26(3,4)5/h6-13,20,22,30,35H,14-16H2,1-5H3,(H,27,33)(H,28,31). The van der Waals surface area contributed by atoms with Crippen LogP contribution in [0.3, 0.4) is 0 Å². The van der Waals surface area contributed by atoms with E-state index in [-0.39, 0.29) is 18.9 Å². The number of nitrogens with zero attached hydrogens (tertiary/aromatic N) is 1. The first-order chi connectivity index (χ1) is 16.5. The normalized spacial score (nSPS) is 12.9. The maximum atomic E-state index is 13.6. The molecular formula is C26H35N3O5S. The summed E-state index contributed by atoms with van der Waals surface area (Å²) in [6.45, 7) is 8.41. The van der Waals surface area contributed by atoms with Crippen molar-refractivity contribution in [2.75, 3.05) is 24.2 Å². The first-order valence-corrected chi connectivity index (χ1v) is 12.1. The van der Waals surface area contributed by atoms with Gasteiger partial charge >= 0.3 is 6.09 Å². The number of benzene rings is 2. The van der Waals surface area contributed by atoms with Crippen LogP contribution in [0.4, 0.5) is 10.5 Å². The molecule has 0 bridgehead atoms. The molecule has 2 aromatic rings. The molecule has 190 valence electrons. The van der Waals surface area contributed by atoms with Gasteiger partial charge in [-0.1, -0.05) is 48.5 Å². The zero-order valence-corrected chi connectivity index (χ0v) is 21.8. The van der Waals surface area contributed by atoms with Gasteiger partial charge in [0, 0.05) is 18.0 Å². The summed E-state index contributed by atoms with van der Waals surface area (Å²) >= 11 is 4.24. The van der Waals surface area contributed by atoms with E-state index in [2.05, 4.69) is 23.3 Å². The summed E-state index contributed by atoms with van der Waals surface area (Å²) in [5.41, 5.74) is 2.23. The molecule has 8 nitrogen and oxygen atoms in total. The van der Waals surface area contributed by atoms with Crippen molar-refractivity contribution in [3.05, 3.63) is 65.2 Å². The molecule has 3 amide bonds. The van der Waals surface area contributed by atoms with Gasteiger partial charge in [-0.15, -0.1) is 0 Å². The van der Waals surface area contributed by atoms with E-state index < -0.39 is 35.6 Å². The maximum Gasteiger partial charge on any atom is 0.408 e. The number of alkyl carbamates (subject to hydrolysis) is 1. The number of aliphatic hydroxyl groups is 1. The SMILES string of the molecule is Cc1cccc(C)c1NC(=O)C(c1ccccc1)N(CCO)C(=O)C(CS)NC(=O)OC(C)(C)C. The van der Waals surface area contributed by atoms with Gasteiger partial charge in [-0.3, -0.25) is 9.59 Å². The number of hydrogen-bond donors (Lipinski definition) is 4. The largest absolute Gasteiger partial charge is 0.444 e. The highest BCUT2D eigenvalue weighted by atomic mass is 32.1. The number of aryl methyl sites for hydroxylation is 2. The Labute approximate surface area is 212 Å². The number of aliphatic hydroxyl groups excluding tert-OH is 1. The molecule has 2 atom stereocenters. The number of hydrogen-bond acceptors (Lipinski definition) is 6. The molecule has 0 fully saturated rings. The Morgan fingerprint density at radius 3 is 2.14 bits per heavy atom. The average molecular weight is 502 g/mol. The van der Waals surface area contributed by atoms with Gasteiger partial charge in [0.05, 0.1) is 6.61 Å². The number of rotatable bonds is 9. The summed E-state index contributed by atoms with van der Waals surface area (Å²) < 4.78 is 5.27. The molecule has 0 aliphatic rings. The molecular weight excluding hydrogens is 466 g/mol. The Hall–Kier alpha value is -3.04. The number of amides is 3. The van der Waals surface area contributed by atoms with Crippen LogP contribution >= 0.6 is 12.6 Å². The predicted molar refractivity (Wildman–Crippen MR) is 140 cm³/mol. The lowest BCUT2D eigenvalue weighted by atomic mass is 10.0. The summed E-state index contributed by atoms with van der Waals surface area (Å²) in [4.78, 5) is 40.8. The number of ether oxygens (including phenoxy) is 1. The molecule has 0 saturated carbocycles. The van der Waals surface area contributed by atoms with E-state index in [0.717, 1.165) is 11.1 Å². The average Bonchev–Trinajstić information content (AvgIpc) is 2.78. The Balaban J connectivity index is 2.43. The van der Waals surface area contributed by atoms with Gasteiger partial charge in [0.25, 0.3) is 5.91 Å². The highest BCUT2D eigenvalue weighted by Gasteiger charge is 2.35. The molecule has 0 spiro atoms. The third-order valence-electron chi connectivity index (χ3n) is 5.20. The fourth-order valence-electron chi connectivity index (χ4n) is 3.62. The molecule has 2 unspecified atom stereocenters. The molecule has 2 aromatic carbocycles. The van der Waals surface area contributed by atoms with E-state index in [9.17, 15) is 19.5 Å². The van der Waals surface area contributed by atoms with Crippen LogP contribution in [0, 0.1) is 13.8 Å². The van der Waals surface area contributed by atoms with Gasteiger partial charge in [0.2, 0.25) is 5.91 Å². The topological polar surface area (TPSA) is 108 Å². The zero-order chi connectivity index (χ0) is 26.2. The predicted octanol–water partition coefficient (Wildman–Crippen LogP) is 3.63. The van der Waals surface area contributed by atoms with Crippen molar-refractivity contribution in [3.8, 4) is 0 Å². The van der Waals surface area contributed by atoms with Crippen LogP contribution in [0.5, 0.6) is 0 Å². The second-order valence-electron chi connectivity index (χ2n) is 9.21. The Morgan fingerprint density at radius 1 is 1.03 bits per heavy atom. The maximum absolute atomic E-state index is 13.6. The molecule has 0 radical (unpaired) electrons. The van der Waals surface area contributed by atoms with Crippen LogP contribution in [0.2, 0.25) is 0 Å². The van der Waals surface area contributed by atoms with Gasteiger partial charge in [0.1, 0.15) is 17.7 Å². The summed E-state index contributed by atoms with van der Waals surface area (Å²) in [7, 11) is 0.